The summed E-state index contributed by atoms with van der Waals surface area (Å²) >= 11 is 6.42. The summed E-state index contributed by atoms with van der Waals surface area (Å²) in [6, 6.07) is 16.3. The van der Waals surface area contributed by atoms with Crippen molar-refractivity contribution in [3.8, 4) is 0 Å². The van der Waals surface area contributed by atoms with Crippen LogP contribution in [0.5, 0.6) is 0 Å². The molecule has 0 aliphatic carbocycles. The van der Waals surface area contributed by atoms with Crippen LogP contribution in [0.25, 0.3) is 0 Å². The van der Waals surface area contributed by atoms with Crippen LogP contribution in [0, 0.1) is 0 Å². The number of rotatable bonds is 9. The summed E-state index contributed by atoms with van der Waals surface area (Å²) in [5, 5.41) is 3.22. The highest BCUT2D eigenvalue weighted by atomic mass is 35.5. The van der Waals surface area contributed by atoms with Gasteiger partial charge in [-0.3, -0.25) is 19.4 Å². The highest BCUT2D eigenvalue weighted by molar-refractivity contribution is 7.90. The molecule has 2 atom stereocenters. The van der Waals surface area contributed by atoms with Gasteiger partial charge in [0.25, 0.3) is 15.9 Å². The van der Waals surface area contributed by atoms with Gasteiger partial charge in [0.1, 0.15) is 11.4 Å². The van der Waals surface area contributed by atoms with E-state index in [4.69, 9.17) is 16.3 Å². The summed E-state index contributed by atoms with van der Waals surface area (Å²) in [5.41, 5.74) is 0.791. The van der Waals surface area contributed by atoms with Gasteiger partial charge in [-0.15, -0.1) is 0 Å². The molecule has 10 nitrogen and oxygen atoms in total. The number of nitrogens with one attached hydrogen (secondary N) is 1. The summed E-state index contributed by atoms with van der Waals surface area (Å²) in [4.78, 5) is 46.1. The van der Waals surface area contributed by atoms with Crippen LogP contribution in [0.15, 0.2) is 77.8 Å². The van der Waals surface area contributed by atoms with Gasteiger partial charge in [-0.1, -0.05) is 48.0 Å². The van der Waals surface area contributed by atoms with Crippen molar-refractivity contribution in [1.29, 1.82) is 0 Å². The first-order chi connectivity index (χ1) is 19.3. The Morgan fingerprint density at radius 3 is 2.55 bits per heavy atom. The van der Waals surface area contributed by atoms with Crippen molar-refractivity contribution in [2.24, 2.45) is 0 Å². The third-order valence-electron chi connectivity index (χ3n) is 6.87. The van der Waals surface area contributed by atoms with E-state index in [1.165, 1.54) is 29.3 Å². The van der Waals surface area contributed by atoms with Crippen LogP contribution in [-0.4, -0.2) is 66.1 Å². The predicted molar refractivity (Wildman–Crippen MR) is 146 cm³/mol. The average Bonchev–Trinajstić information content (AvgIpc) is 3.55. The van der Waals surface area contributed by atoms with Gasteiger partial charge in [-0.2, -0.15) is 0 Å². The number of carbonyl (C=O) groups excluding carboxylic acids is 3. The topological polar surface area (TPSA) is 126 Å². The van der Waals surface area contributed by atoms with E-state index >= 15 is 0 Å². The summed E-state index contributed by atoms with van der Waals surface area (Å²) < 4.78 is 32.6. The lowest BCUT2D eigenvalue weighted by atomic mass is 10.1. The van der Waals surface area contributed by atoms with Crippen molar-refractivity contribution >= 4 is 39.3 Å². The second kappa shape index (κ2) is 11.7. The Kier molecular flexibility index (Phi) is 8.15. The normalized spacial score (nSPS) is 18.3. The maximum Gasteiger partial charge on any atom is 0.269 e. The van der Waals surface area contributed by atoms with E-state index in [9.17, 15) is 22.8 Å². The van der Waals surface area contributed by atoms with Gasteiger partial charge in [0.05, 0.1) is 17.4 Å². The van der Waals surface area contributed by atoms with Crippen LogP contribution in [0.2, 0.25) is 5.02 Å². The van der Waals surface area contributed by atoms with E-state index in [0.717, 1.165) is 12.8 Å². The molecular weight excluding hydrogens is 556 g/mol. The summed E-state index contributed by atoms with van der Waals surface area (Å²) in [6.45, 7) is -0.0859. The molecule has 2 aromatic carbocycles. The molecule has 12 heteroatoms. The fraction of sp³-hybridized carbons (Fsp3) is 0.286. The molecule has 2 aliphatic heterocycles. The smallest absolute Gasteiger partial charge is 0.269 e. The monoisotopic (exact) mass is 582 g/mol. The Balaban J connectivity index is 1.50. The molecule has 208 valence electrons. The molecule has 0 saturated carbocycles. The number of amides is 3. The van der Waals surface area contributed by atoms with Gasteiger partial charge in [0.15, 0.2) is 6.04 Å². The second-order valence-corrected chi connectivity index (χ2v) is 11.7. The number of pyridine rings is 1. The summed E-state index contributed by atoms with van der Waals surface area (Å²) in [6.07, 6.45) is 3.04. The maximum atomic E-state index is 14.0. The number of hydrogen-bond donors (Lipinski definition) is 1. The lowest BCUT2D eigenvalue weighted by molar-refractivity contribution is -0.141. The van der Waals surface area contributed by atoms with Crippen molar-refractivity contribution in [2.75, 3.05) is 19.7 Å². The van der Waals surface area contributed by atoms with E-state index in [2.05, 4.69) is 10.3 Å². The maximum absolute atomic E-state index is 14.0. The van der Waals surface area contributed by atoms with Crippen LogP contribution in [0.3, 0.4) is 0 Å². The zero-order chi connectivity index (χ0) is 28.3. The molecule has 0 spiro atoms. The van der Waals surface area contributed by atoms with Crippen molar-refractivity contribution in [3.05, 3.63) is 94.8 Å². The fourth-order valence-electron chi connectivity index (χ4n) is 4.82. The summed E-state index contributed by atoms with van der Waals surface area (Å²) in [5.74, 6) is -2.10. The molecule has 3 heterocycles. The zero-order valence-corrected chi connectivity index (χ0v) is 23.0. The predicted octanol–water partition coefficient (Wildman–Crippen LogP) is 2.94. The molecule has 1 N–H and O–H groups in total. The molecule has 0 bridgehead atoms. The van der Waals surface area contributed by atoms with Gasteiger partial charge < -0.3 is 15.0 Å². The van der Waals surface area contributed by atoms with Crippen LogP contribution in [0.1, 0.15) is 40.5 Å². The van der Waals surface area contributed by atoms with E-state index in [1.54, 1.807) is 48.5 Å². The van der Waals surface area contributed by atoms with Crippen LogP contribution in [0.4, 0.5) is 0 Å². The van der Waals surface area contributed by atoms with Crippen molar-refractivity contribution < 1.29 is 27.5 Å². The molecule has 40 heavy (non-hydrogen) atoms. The number of fused-ring (bicyclic) bond motifs is 1. The van der Waals surface area contributed by atoms with Crippen LogP contribution < -0.4 is 5.32 Å². The van der Waals surface area contributed by atoms with Gasteiger partial charge in [-0.05, 0) is 48.7 Å². The molecule has 3 aromatic rings. The summed E-state index contributed by atoms with van der Waals surface area (Å²) in [7, 11) is -4.26. The first kappa shape index (κ1) is 27.8. The number of nitrogens with zero attached hydrogens (tertiary/aromatic N) is 3. The number of ether oxygens (including phenoxy) is 1. The van der Waals surface area contributed by atoms with E-state index < -0.39 is 40.3 Å². The van der Waals surface area contributed by atoms with E-state index in [1.807, 2.05) is 0 Å². The fourth-order valence-corrected chi connectivity index (χ4v) is 6.54. The molecule has 2 aliphatic rings. The van der Waals surface area contributed by atoms with E-state index in [0.29, 0.717) is 21.5 Å². The molecule has 0 radical (unpaired) electrons. The van der Waals surface area contributed by atoms with Crippen molar-refractivity contribution in [2.45, 2.75) is 36.4 Å². The van der Waals surface area contributed by atoms with E-state index in [-0.39, 0.29) is 35.3 Å². The number of aromatic nitrogens is 1. The Hall–Kier alpha value is -3.80. The van der Waals surface area contributed by atoms with Crippen molar-refractivity contribution in [3.63, 3.8) is 0 Å². The Morgan fingerprint density at radius 2 is 1.85 bits per heavy atom. The largest absolute Gasteiger partial charge is 0.376 e. The molecule has 3 amide bonds. The standard InChI is InChI=1S/C28H27ClN4O6S/c29-22-11-3-1-8-19(22)17-32(25(34)18-33-28(36)21-10-2-4-13-24(21)40(33,37)38)26(23-12-5-6-14-30-23)27(35)31-16-20-9-7-15-39-20/h1-6,8,10-14,20,26H,7,9,15-18H2,(H,31,35)/t20-,26-/m1/s1. The number of hydrogen-bond acceptors (Lipinski definition) is 7. The number of halogens is 1. The first-order valence-electron chi connectivity index (χ1n) is 12.8. The molecule has 1 aromatic heterocycles. The third-order valence-corrected chi connectivity index (χ3v) is 9.02. The highest BCUT2D eigenvalue weighted by Gasteiger charge is 2.44. The van der Waals surface area contributed by atoms with Gasteiger partial charge in [0.2, 0.25) is 11.8 Å². The minimum absolute atomic E-state index is 0.0106. The van der Waals surface area contributed by atoms with Crippen LogP contribution in [-0.2, 0) is 30.9 Å². The number of benzene rings is 2. The Morgan fingerprint density at radius 1 is 1.10 bits per heavy atom. The minimum Gasteiger partial charge on any atom is -0.376 e. The minimum atomic E-state index is -4.26. The third kappa shape index (κ3) is 5.58. The lowest BCUT2D eigenvalue weighted by Crippen LogP contribution is -2.49. The molecular formula is C28H27ClN4O6S. The van der Waals surface area contributed by atoms with Crippen molar-refractivity contribution in [1.82, 2.24) is 19.5 Å². The number of carbonyl (C=O) groups is 3. The second-order valence-electron chi connectivity index (χ2n) is 9.46. The number of sulfonamides is 1. The van der Waals surface area contributed by atoms with Gasteiger partial charge >= 0.3 is 0 Å². The highest BCUT2D eigenvalue weighted by Crippen LogP contribution is 2.31. The quantitative estimate of drug-likeness (QED) is 0.411. The van der Waals surface area contributed by atoms with Gasteiger partial charge in [0, 0.05) is 30.9 Å². The molecule has 5 rings (SSSR count). The first-order valence-corrected chi connectivity index (χ1v) is 14.6. The zero-order valence-electron chi connectivity index (χ0n) is 21.4. The Labute approximate surface area is 236 Å². The molecule has 1 fully saturated rings. The molecule has 0 unspecified atom stereocenters. The average molecular weight is 583 g/mol. The SMILES string of the molecule is O=C(NC[C@H]1CCCO1)[C@@H](c1ccccn1)N(Cc1ccccc1Cl)C(=O)CN1C(=O)c2ccccc2S1(=O)=O. The molecule has 1 saturated heterocycles. The van der Waals surface area contributed by atoms with Crippen LogP contribution >= 0.6 is 11.6 Å². The lowest BCUT2D eigenvalue weighted by Gasteiger charge is -2.32. The Bertz CT molecular complexity index is 1530. The van der Waals surface area contributed by atoms with Gasteiger partial charge in [-0.25, -0.2) is 12.7 Å².